The molecule has 1 atom stereocenters. The van der Waals surface area contributed by atoms with Gasteiger partial charge < -0.3 is 5.73 Å². The molecule has 50 valence electrons. The number of hydrogen-bond donors (Lipinski definition) is 1. The van der Waals surface area contributed by atoms with Crippen LogP contribution in [-0.4, -0.2) is 5.54 Å². The third-order valence-corrected chi connectivity index (χ3v) is 2.49. The zero-order valence-corrected chi connectivity index (χ0v) is 5.94. The maximum atomic E-state index is 8.59. The van der Waals surface area contributed by atoms with Gasteiger partial charge in [-0.1, -0.05) is 6.92 Å². The molecular formula is C7H12N2. The number of rotatable bonds is 1. The van der Waals surface area contributed by atoms with Crippen LogP contribution in [-0.2, 0) is 0 Å². The van der Waals surface area contributed by atoms with Crippen molar-refractivity contribution >= 4 is 0 Å². The largest absolute Gasteiger partial charge is 0.313 e. The lowest BCUT2D eigenvalue weighted by atomic mass is 9.87. The first kappa shape index (κ1) is 6.57. The highest BCUT2D eigenvalue weighted by atomic mass is 14.8. The Balaban J connectivity index is 2.73. The minimum atomic E-state index is -0.604. The first-order valence-electron chi connectivity index (χ1n) is 3.22. The molecule has 1 unspecified atom stereocenters. The Labute approximate surface area is 55.7 Å². The van der Waals surface area contributed by atoms with Crippen molar-refractivity contribution < 1.29 is 0 Å². The highest BCUT2D eigenvalue weighted by Gasteiger charge is 2.51. The SMILES string of the molecule is CC(N)(C#N)C1(C)CC1. The van der Waals surface area contributed by atoms with Gasteiger partial charge in [0, 0.05) is 0 Å². The van der Waals surface area contributed by atoms with Gasteiger partial charge in [0.2, 0.25) is 0 Å². The maximum absolute atomic E-state index is 8.59. The molecule has 0 aliphatic heterocycles. The van der Waals surface area contributed by atoms with E-state index in [1.807, 2.05) is 0 Å². The number of nitriles is 1. The molecule has 1 saturated carbocycles. The van der Waals surface area contributed by atoms with E-state index in [1.165, 1.54) is 0 Å². The molecule has 0 amide bonds. The van der Waals surface area contributed by atoms with Crippen LogP contribution < -0.4 is 5.73 Å². The van der Waals surface area contributed by atoms with Crippen molar-refractivity contribution in [3.8, 4) is 6.07 Å². The summed E-state index contributed by atoms with van der Waals surface area (Å²) in [6.45, 7) is 3.87. The molecule has 9 heavy (non-hydrogen) atoms. The van der Waals surface area contributed by atoms with Gasteiger partial charge >= 0.3 is 0 Å². The molecule has 1 fully saturated rings. The summed E-state index contributed by atoms with van der Waals surface area (Å²) in [5, 5.41) is 8.59. The van der Waals surface area contributed by atoms with Crippen molar-refractivity contribution in [1.82, 2.24) is 0 Å². The molecule has 2 N–H and O–H groups in total. The predicted molar refractivity (Wildman–Crippen MR) is 35.5 cm³/mol. The van der Waals surface area contributed by atoms with Gasteiger partial charge in [-0.15, -0.1) is 0 Å². The van der Waals surface area contributed by atoms with Crippen molar-refractivity contribution in [3.63, 3.8) is 0 Å². The van der Waals surface area contributed by atoms with E-state index < -0.39 is 5.54 Å². The lowest BCUT2D eigenvalue weighted by Crippen LogP contribution is -2.42. The first-order valence-corrected chi connectivity index (χ1v) is 3.22. The normalized spacial score (nSPS) is 28.2. The second kappa shape index (κ2) is 1.48. The van der Waals surface area contributed by atoms with Gasteiger partial charge in [0.25, 0.3) is 0 Å². The molecule has 1 rings (SSSR count). The molecular weight excluding hydrogens is 112 g/mol. The van der Waals surface area contributed by atoms with E-state index >= 15 is 0 Å². The molecule has 0 spiro atoms. The Morgan fingerprint density at radius 2 is 2.11 bits per heavy atom. The van der Waals surface area contributed by atoms with E-state index in [-0.39, 0.29) is 5.41 Å². The van der Waals surface area contributed by atoms with Crippen molar-refractivity contribution in [3.05, 3.63) is 0 Å². The molecule has 0 aromatic carbocycles. The summed E-state index contributed by atoms with van der Waals surface area (Å²) in [6, 6.07) is 2.12. The fraction of sp³-hybridized carbons (Fsp3) is 0.857. The van der Waals surface area contributed by atoms with Crippen LogP contribution in [0.15, 0.2) is 0 Å². The lowest BCUT2D eigenvalue weighted by molar-refractivity contribution is 0.375. The van der Waals surface area contributed by atoms with Crippen LogP contribution in [0.1, 0.15) is 26.7 Å². The summed E-state index contributed by atoms with van der Waals surface area (Å²) in [5.74, 6) is 0. The fourth-order valence-electron chi connectivity index (χ4n) is 0.842. The molecule has 0 saturated heterocycles. The number of hydrogen-bond acceptors (Lipinski definition) is 2. The maximum Gasteiger partial charge on any atom is 0.106 e. The zero-order chi connectivity index (χ0) is 7.12. The standard InChI is InChI=1S/C7H12N2/c1-6(3-4-6)7(2,9)5-8/h3-4,9H2,1-2H3. The van der Waals surface area contributed by atoms with Crippen molar-refractivity contribution in [2.45, 2.75) is 32.2 Å². The molecule has 0 bridgehead atoms. The Morgan fingerprint density at radius 3 is 2.22 bits per heavy atom. The molecule has 0 heterocycles. The Bertz CT molecular complexity index is 160. The number of nitrogens with zero attached hydrogens (tertiary/aromatic N) is 1. The summed E-state index contributed by atoms with van der Waals surface area (Å²) in [5.41, 5.74) is 5.20. The molecule has 0 aromatic heterocycles. The summed E-state index contributed by atoms with van der Waals surface area (Å²) in [6.07, 6.45) is 2.21. The van der Waals surface area contributed by atoms with Crippen molar-refractivity contribution in [1.29, 1.82) is 5.26 Å². The van der Waals surface area contributed by atoms with Crippen LogP contribution in [0.25, 0.3) is 0 Å². The van der Waals surface area contributed by atoms with Crippen LogP contribution in [0.3, 0.4) is 0 Å². The average Bonchev–Trinajstić information content (AvgIpc) is 2.49. The van der Waals surface area contributed by atoms with E-state index in [0.717, 1.165) is 12.8 Å². The Hall–Kier alpha value is -0.550. The second-order valence-corrected chi connectivity index (χ2v) is 3.37. The molecule has 0 aromatic rings. The Morgan fingerprint density at radius 1 is 1.67 bits per heavy atom. The van der Waals surface area contributed by atoms with E-state index in [4.69, 9.17) is 11.0 Å². The van der Waals surface area contributed by atoms with Gasteiger partial charge in [0.15, 0.2) is 0 Å². The minimum absolute atomic E-state index is 0.113. The van der Waals surface area contributed by atoms with Gasteiger partial charge in [-0.05, 0) is 25.2 Å². The summed E-state index contributed by atoms with van der Waals surface area (Å²) < 4.78 is 0. The van der Waals surface area contributed by atoms with Crippen LogP contribution in [0.4, 0.5) is 0 Å². The quantitative estimate of drug-likeness (QED) is 0.567. The van der Waals surface area contributed by atoms with Crippen molar-refractivity contribution in [2.24, 2.45) is 11.1 Å². The molecule has 0 radical (unpaired) electrons. The molecule has 2 nitrogen and oxygen atoms in total. The van der Waals surface area contributed by atoms with E-state index in [0.29, 0.717) is 0 Å². The summed E-state index contributed by atoms with van der Waals surface area (Å²) >= 11 is 0. The number of nitrogens with two attached hydrogens (primary N) is 1. The Kier molecular flexibility index (Phi) is 1.08. The third kappa shape index (κ3) is 0.818. The van der Waals surface area contributed by atoms with Crippen LogP contribution in [0, 0.1) is 16.7 Å². The van der Waals surface area contributed by atoms with E-state index in [9.17, 15) is 0 Å². The topological polar surface area (TPSA) is 49.8 Å². The van der Waals surface area contributed by atoms with Crippen LogP contribution >= 0.6 is 0 Å². The second-order valence-electron chi connectivity index (χ2n) is 3.37. The summed E-state index contributed by atoms with van der Waals surface area (Å²) in [7, 11) is 0. The van der Waals surface area contributed by atoms with E-state index in [1.54, 1.807) is 6.92 Å². The fourth-order valence-corrected chi connectivity index (χ4v) is 0.842. The molecule has 1 aliphatic carbocycles. The zero-order valence-electron chi connectivity index (χ0n) is 5.94. The van der Waals surface area contributed by atoms with E-state index in [2.05, 4.69) is 13.0 Å². The van der Waals surface area contributed by atoms with Gasteiger partial charge in [0.05, 0.1) is 6.07 Å². The van der Waals surface area contributed by atoms with Gasteiger partial charge in [-0.3, -0.25) is 0 Å². The molecule has 1 aliphatic rings. The highest BCUT2D eigenvalue weighted by Crippen LogP contribution is 2.52. The average molecular weight is 124 g/mol. The molecule has 2 heteroatoms. The lowest BCUT2D eigenvalue weighted by Gasteiger charge is -2.22. The van der Waals surface area contributed by atoms with Gasteiger partial charge in [-0.25, -0.2) is 0 Å². The minimum Gasteiger partial charge on any atom is -0.313 e. The third-order valence-electron chi connectivity index (χ3n) is 2.49. The smallest absolute Gasteiger partial charge is 0.106 e. The van der Waals surface area contributed by atoms with Gasteiger partial charge in [-0.2, -0.15) is 5.26 Å². The predicted octanol–water partition coefficient (Wildman–Crippen LogP) is 1.03. The van der Waals surface area contributed by atoms with Gasteiger partial charge in [0.1, 0.15) is 5.54 Å². The van der Waals surface area contributed by atoms with Crippen LogP contribution in [0.2, 0.25) is 0 Å². The first-order chi connectivity index (χ1) is 4.02. The highest BCUT2D eigenvalue weighted by molar-refractivity contribution is 5.17. The summed E-state index contributed by atoms with van der Waals surface area (Å²) in [4.78, 5) is 0. The van der Waals surface area contributed by atoms with Crippen molar-refractivity contribution in [2.75, 3.05) is 0 Å². The monoisotopic (exact) mass is 124 g/mol. The van der Waals surface area contributed by atoms with Crippen LogP contribution in [0.5, 0.6) is 0 Å².